The molecule has 0 aliphatic carbocycles. The number of anilines is 1. The Hall–Kier alpha value is -2.11. The monoisotopic (exact) mass is 354 g/mol. The van der Waals surface area contributed by atoms with Crippen molar-refractivity contribution in [1.82, 2.24) is 5.32 Å². The van der Waals surface area contributed by atoms with E-state index in [1.165, 1.54) is 0 Å². The van der Waals surface area contributed by atoms with Crippen LogP contribution in [0.3, 0.4) is 0 Å². The van der Waals surface area contributed by atoms with E-state index >= 15 is 0 Å². The second-order valence-electron chi connectivity index (χ2n) is 4.61. The molecule has 2 aromatic rings. The Labute approximate surface area is 144 Å². The van der Waals surface area contributed by atoms with Crippen LogP contribution in [0.1, 0.15) is 5.56 Å². The molecule has 0 fully saturated rings. The van der Waals surface area contributed by atoms with Crippen LogP contribution >= 0.6 is 23.2 Å². The molecule has 122 valence electrons. The molecule has 2 amide bonds. The quantitative estimate of drug-likeness (QED) is 0.839. The predicted molar refractivity (Wildman–Crippen MR) is 91.9 cm³/mol. The Morgan fingerprint density at radius 3 is 2.57 bits per heavy atom. The summed E-state index contributed by atoms with van der Waals surface area (Å²) in [5.41, 5.74) is 1.23. The van der Waals surface area contributed by atoms with Crippen LogP contribution < -0.4 is 20.1 Å². The number of methoxy groups -OCH3 is 2. The van der Waals surface area contributed by atoms with E-state index in [1.807, 2.05) is 0 Å². The number of urea groups is 1. The van der Waals surface area contributed by atoms with Crippen molar-refractivity contribution in [3.05, 3.63) is 52.0 Å². The van der Waals surface area contributed by atoms with Crippen molar-refractivity contribution in [1.29, 1.82) is 0 Å². The first kappa shape index (κ1) is 17.2. The number of carbonyl (C=O) groups is 1. The summed E-state index contributed by atoms with van der Waals surface area (Å²) in [5, 5.41) is 6.27. The van der Waals surface area contributed by atoms with E-state index in [0.29, 0.717) is 27.2 Å². The van der Waals surface area contributed by atoms with Crippen molar-refractivity contribution in [2.75, 3.05) is 19.5 Å². The molecular weight excluding hydrogens is 339 g/mol. The highest BCUT2D eigenvalue weighted by Crippen LogP contribution is 2.26. The highest BCUT2D eigenvalue weighted by molar-refractivity contribution is 6.35. The maximum Gasteiger partial charge on any atom is 0.319 e. The summed E-state index contributed by atoms with van der Waals surface area (Å²) in [6.07, 6.45) is 0. The molecule has 0 aromatic heterocycles. The van der Waals surface area contributed by atoms with Gasteiger partial charge in [-0.3, -0.25) is 0 Å². The lowest BCUT2D eigenvalue weighted by Crippen LogP contribution is -2.28. The minimum Gasteiger partial charge on any atom is -0.497 e. The molecular formula is C16H16Cl2N2O3. The number of amides is 2. The molecule has 0 unspecified atom stereocenters. The zero-order valence-corrected chi connectivity index (χ0v) is 14.2. The van der Waals surface area contributed by atoms with Crippen LogP contribution in [0.25, 0.3) is 0 Å². The summed E-state index contributed by atoms with van der Waals surface area (Å²) < 4.78 is 10.4. The van der Waals surface area contributed by atoms with Gasteiger partial charge >= 0.3 is 6.03 Å². The molecule has 7 heteroatoms. The molecule has 0 aliphatic rings. The van der Waals surface area contributed by atoms with Crippen LogP contribution in [-0.2, 0) is 6.54 Å². The van der Waals surface area contributed by atoms with E-state index in [4.69, 9.17) is 32.7 Å². The lowest BCUT2D eigenvalue weighted by atomic mass is 10.2. The second-order valence-corrected chi connectivity index (χ2v) is 5.45. The average Bonchev–Trinajstić information content (AvgIpc) is 2.56. The summed E-state index contributed by atoms with van der Waals surface area (Å²) in [7, 11) is 3.14. The summed E-state index contributed by atoms with van der Waals surface area (Å²) >= 11 is 11.9. The highest BCUT2D eigenvalue weighted by Gasteiger charge is 2.09. The van der Waals surface area contributed by atoms with E-state index in [-0.39, 0.29) is 6.54 Å². The first-order valence-electron chi connectivity index (χ1n) is 6.74. The van der Waals surface area contributed by atoms with Crippen molar-refractivity contribution in [2.24, 2.45) is 0 Å². The summed E-state index contributed by atoms with van der Waals surface area (Å²) in [6, 6.07) is 9.80. The minimum atomic E-state index is -0.404. The molecule has 5 nitrogen and oxygen atoms in total. The van der Waals surface area contributed by atoms with Crippen LogP contribution in [-0.4, -0.2) is 20.3 Å². The third-order valence-corrected chi connectivity index (χ3v) is 3.67. The molecule has 0 saturated carbocycles. The Kier molecular flexibility index (Phi) is 5.96. The van der Waals surface area contributed by atoms with Crippen LogP contribution in [0.15, 0.2) is 36.4 Å². The standard InChI is InChI=1S/C16H16Cl2N2O3/c1-22-12-4-6-15(23-2)10(7-12)9-19-16(21)20-14-8-11(17)3-5-13(14)18/h3-8H,9H2,1-2H3,(H2,19,20,21). The molecule has 2 aromatic carbocycles. The van der Waals surface area contributed by atoms with Crippen molar-refractivity contribution < 1.29 is 14.3 Å². The van der Waals surface area contributed by atoms with E-state index in [0.717, 1.165) is 5.56 Å². The first-order chi connectivity index (χ1) is 11.0. The van der Waals surface area contributed by atoms with Crippen molar-refractivity contribution in [3.8, 4) is 11.5 Å². The maximum absolute atomic E-state index is 12.0. The zero-order valence-electron chi connectivity index (χ0n) is 12.7. The van der Waals surface area contributed by atoms with Gasteiger partial charge in [0.15, 0.2) is 0 Å². The first-order valence-corrected chi connectivity index (χ1v) is 7.50. The van der Waals surface area contributed by atoms with Gasteiger partial charge < -0.3 is 20.1 Å². The average molecular weight is 355 g/mol. The van der Waals surface area contributed by atoms with Crippen LogP contribution in [0.2, 0.25) is 10.0 Å². The van der Waals surface area contributed by atoms with E-state index in [9.17, 15) is 4.79 Å². The van der Waals surface area contributed by atoms with Gasteiger partial charge in [0.2, 0.25) is 0 Å². The molecule has 0 spiro atoms. The summed E-state index contributed by atoms with van der Waals surface area (Å²) in [6.45, 7) is 0.268. The van der Waals surface area contributed by atoms with Crippen LogP contribution in [0.4, 0.5) is 10.5 Å². The lowest BCUT2D eigenvalue weighted by Gasteiger charge is -2.12. The fourth-order valence-electron chi connectivity index (χ4n) is 1.96. The molecule has 0 saturated heterocycles. The number of hydrogen-bond donors (Lipinski definition) is 2. The van der Waals surface area contributed by atoms with Gasteiger partial charge in [-0.15, -0.1) is 0 Å². The number of hydrogen-bond acceptors (Lipinski definition) is 3. The number of halogens is 2. The fraction of sp³-hybridized carbons (Fsp3) is 0.188. The van der Waals surface area contributed by atoms with Gasteiger partial charge in [0.1, 0.15) is 11.5 Å². The van der Waals surface area contributed by atoms with E-state index in [1.54, 1.807) is 50.6 Å². The van der Waals surface area contributed by atoms with Gasteiger partial charge in [0.05, 0.1) is 24.9 Å². The van der Waals surface area contributed by atoms with Crippen molar-refractivity contribution in [2.45, 2.75) is 6.54 Å². The SMILES string of the molecule is COc1ccc(OC)c(CNC(=O)Nc2cc(Cl)ccc2Cl)c1. The molecule has 0 radical (unpaired) electrons. The highest BCUT2D eigenvalue weighted by atomic mass is 35.5. The van der Waals surface area contributed by atoms with Gasteiger partial charge in [0.25, 0.3) is 0 Å². The minimum absolute atomic E-state index is 0.268. The predicted octanol–water partition coefficient (Wildman–Crippen LogP) is 4.33. The van der Waals surface area contributed by atoms with Crippen molar-refractivity contribution >= 4 is 34.9 Å². The fourth-order valence-corrected chi connectivity index (χ4v) is 2.29. The summed E-state index contributed by atoms with van der Waals surface area (Å²) in [5.74, 6) is 1.34. The Balaban J connectivity index is 2.03. The van der Waals surface area contributed by atoms with Gasteiger partial charge in [-0.05, 0) is 36.4 Å². The second kappa shape index (κ2) is 7.94. The Morgan fingerprint density at radius 2 is 1.87 bits per heavy atom. The molecule has 0 atom stereocenters. The van der Waals surface area contributed by atoms with Gasteiger partial charge in [-0.25, -0.2) is 4.79 Å². The molecule has 0 aliphatic heterocycles. The molecule has 0 heterocycles. The van der Waals surface area contributed by atoms with Crippen LogP contribution in [0.5, 0.6) is 11.5 Å². The number of nitrogens with one attached hydrogen (secondary N) is 2. The summed E-state index contributed by atoms with van der Waals surface area (Å²) in [4.78, 5) is 12.0. The number of rotatable bonds is 5. The molecule has 0 bridgehead atoms. The number of ether oxygens (including phenoxy) is 2. The van der Waals surface area contributed by atoms with Gasteiger partial charge in [0, 0.05) is 17.1 Å². The number of benzene rings is 2. The maximum atomic E-state index is 12.0. The third-order valence-electron chi connectivity index (χ3n) is 3.10. The van der Waals surface area contributed by atoms with Gasteiger partial charge in [-0.1, -0.05) is 23.2 Å². The third kappa shape index (κ3) is 4.68. The zero-order chi connectivity index (χ0) is 16.8. The topological polar surface area (TPSA) is 59.6 Å². The van der Waals surface area contributed by atoms with Crippen molar-refractivity contribution in [3.63, 3.8) is 0 Å². The number of carbonyl (C=O) groups excluding carboxylic acids is 1. The van der Waals surface area contributed by atoms with E-state index in [2.05, 4.69) is 10.6 Å². The smallest absolute Gasteiger partial charge is 0.319 e. The lowest BCUT2D eigenvalue weighted by molar-refractivity contribution is 0.251. The Bertz CT molecular complexity index is 708. The Morgan fingerprint density at radius 1 is 1.09 bits per heavy atom. The largest absolute Gasteiger partial charge is 0.497 e. The van der Waals surface area contributed by atoms with Gasteiger partial charge in [-0.2, -0.15) is 0 Å². The van der Waals surface area contributed by atoms with Crippen LogP contribution in [0, 0.1) is 0 Å². The van der Waals surface area contributed by atoms with E-state index < -0.39 is 6.03 Å². The normalized spacial score (nSPS) is 10.1. The molecule has 2 N–H and O–H groups in total. The molecule has 2 rings (SSSR count). The molecule has 23 heavy (non-hydrogen) atoms.